The van der Waals surface area contributed by atoms with Crippen molar-refractivity contribution in [2.75, 3.05) is 0 Å². The maximum absolute atomic E-state index is 11.5. The van der Waals surface area contributed by atoms with Crippen LogP contribution in [0.15, 0.2) is 39.5 Å². The van der Waals surface area contributed by atoms with Gasteiger partial charge in [-0.25, -0.2) is 4.79 Å². The Morgan fingerprint density at radius 3 is 2.71 bits per heavy atom. The summed E-state index contributed by atoms with van der Waals surface area (Å²) in [6, 6.07) is 11.2. The van der Waals surface area contributed by atoms with Gasteiger partial charge in [0.2, 0.25) is 0 Å². The predicted molar refractivity (Wildman–Crippen MR) is 71.5 cm³/mol. The summed E-state index contributed by atoms with van der Waals surface area (Å²) in [6.07, 6.45) is 0. The van der Waals surface area contributed by atoms with Gasteiger partial charge in [0.15, 0.2) is 5.69 Å². The van der Waals surface area contributed by atoms with Crippen LogP contribution in [0.2, 0.25) is 0 Å². The Bertz CT molecular complexity index is 868. The second-order valence-electron chi connectivity index (χ2n) is 4.25. The summed E-state index contributed by atoms with van der Waals surface area (Å²) in [7, 11) is 0. The van der Waals surface area contributed by atoms with Gasteiger partial charge in [-0.3, -0.25) is 0 Å². The molecule has 0 amide bonds. The molecule has 0 aliphatic heterocycles. The van der Waals surface area contributed by atoms with Crippen LogP contribution in [0.25, 0.3) is 17.3 Å². The van der Waals surface area contributed by atoms with E-state index < -0.39 is 5.76 Å². The van der Waals surface area contributed by atoms with Crippen LogP contribution in [0.3, 0.4) is 0 Å². The lowest BCUT2D eigenvalue weighted by atomic mass is 10.3. The Kier molecular flexibility index (Phi) is 3.08. The molecular weight excluding hydrogens is 272 g/mol. The molecule has 0 fully saturated rings. The van der Waals surface area contributed by atoms with Crippen LogP contribution < -0.4 is 5.76 Å². The molecule has 0 saturated heterocycles. The normalized spacial score (nSPS) is 10.5. The monoisotopic (exact) mass is 282 g/mol. The van der Waals surface area contributed by atoms with Gasteiger partial charge in [0, 0.05) is 0 Å². The third kappa shape index (κ3) is 2.32. The van der Waals surface area contributed by atoms with Crippen molar-refractivity contribution < 1.29 is 4.42 Å². The van der Waals surface area contributed by atoms with Crippen molar-refractivity contribution in [3.8, 4) is 23.3 Å². The standard InChI is InChI=1S/C13H10N6O2/c1-9-11(12-17-18(8-7-14)13(20)21-12)16-19(15-9)10-5-3-2-4-6-10/h2-6H,8H2,1H3. The summed E-state index contributed by atoms with van der Waals surface area (Å²) in [5.74, 6) is -0.643. The van der Waals surface area contributed by atoms with Crippen molar-refractivity contribution in [2.24, 2.45) is 0 Å². The molecule has 0 bridgehead atoms. The number of hydrogen-bond acceptors (Lipinski definition) is 6. The molecule has 0 radical (unpaired) electrons. The van der Waals surface area contributed by atoms with E-state index in [2.05, 4.69) is 15.3 Å². The maximum Gasteiger partial charge on any atom is 0.438 e. The van der Waals surface area contributed by atoms with E-state index in [4.69, 9.17) is 9.68 Å². The van der Waals surface area contributed by atoms with E-state index in [-0.39, 0.29) is 12.4 Å². The Hall–Kier alpha value is -3.21. The minimum absolute atomic E-state index is 0.0509. The highest BCUT2D eigenvalue weighted by Crippen LogP contribution is 2.17. The van der Waals surface area contributed by atoms with Gasteiger partial charge in [-0.2, -0.15) is 19.8 Å². The second kappa shape index (κ2) is 5.05. The fourth-order valence-corrected chi connectivity index (χ4v) is 1.82. The van der Waals surface area contributed by atoms with Gasteiger partial charge >= 0.3 is 5.76 Å². The van der Waals surface area contributed by atoms with Gasteiger partial charge in [0.05, 0.1) is 17.5 Å². The molecule has 3 rings (SSSR count). The predicted octanol–water partition coefficient (Wildman–Crippen LogP) is 0.916. The number of benzene rings is 1. The summed E-state index contributed by atoms with van der Waals surface area (Å²) < 4.78 is 5.95. The van der Waals surface area contributed by atoms with Gasteiger partial charge in [0.25, 0.3) is 5.89 Å². The van der Waals surface area contributed by atoms with Crippen molar-refractivity contribution in [1.29, 1.82) is 5.26 Å². The molecule has 21 heavy (non-hydrogen) atoms. The molecule has 0 unspecified atom stereocenters. The third-order valence-corrected chi connectivity index (χ3v) is 2.80. The molecule has 8 heteroatoms. The van der Waals surface area contributed by atoms with Crippen molar-refractivity contribution in [2.45, 2.75) is 13.5 Å². The van der Waals surface area contributed by atoms with Gasteiger partial charge in [-0.15, -0.1) is 10.2 Å². The molecule has 2 heterocycles. The number of para-hydroxylation sites is 1. The lowest BCUT2D eigenvalue weighted by Gasteiger charge is -1.96. The van der Waals surface area contributed by atoms with Crippen molar-refractivity contribution >= 4 is 0 Å². The Balaban J connectivity index is 2.04. The van der Waals surface area contributed by atoms with E-state index in [1.807, 2.05) is 36.4 Å². The highest BCUT2D eigenvalue weighted by Gasteiger charge is 2.17. The average Bonchev–Trinajstić information content (AvgIpc) is 3.04. The van der Waals surface area contributed by atoms with Crippen molar-refractivity contribution in [3.05, 3.63) is 46.6 Å². The number of aromatic nitrogens is 5. The van der Waals surface area contributed by atoms with E-state index in [1.165, 1.54) is 4.80 Å². The quantitative estimate of drug-likeness (QED) is 0.707. The Morgan fingerprint density at radius 2 is 2.00 bits per heavy atom. The topological polar surface area (TPSA) is 103 Å². The van der Waals surface area contributed by atoms with Gasteiger partial charge in [-0.05, 0) is 19.1 Å². The minimum Gasteiger partial charge on any atom is -0.386 e. The highest BCUT2D eigenvalue weighted by molar-refractivity contribution is 5.49. The molecule has 0 aliphatic rings. The summed E-state index contributed by atoms with van der Waals surface area (Å²) in [4.78, 5) is 13.0. The first kappa shape index (κ1) is 12.8. The van der Waals surface area contributed by atoms with Gasteiger partial charge in [-0.1, -0.05) is 18.2 Å². The van der Waals surface area contributed by atoms with Crippen LogP contribution in [0.1, 0.15) is 5.69 Å². The number of nitrogens with zero attached hydrogens (tertiary/aromatic N) is 6. The highest BCUT2D eigenvalue weighted by atomic mass is 16.4. The number of hydrogen-bond donors (Lipinski definition) is 0. The second-order valence-corrected chi connectivity index (χ2v) is 4.25. The molecule has 0 atom stereocenters. The van der Waals surface area contributed by atoms with E-state index in [0.717, 1.165) is 10.4 Å². The first-order valence-electron chi connectivity index (χ1n) is 6.13. The molecule has 0 N–H and O–H groups in total. The average molecular weight is 282 g/mol. The fourth-order valence-electron chi connectivity index (χ4n) is 1.82. The largest absolute Gasteiger partial charge is 0.438 e. The lowest BCUT2D eigenvalue weighted by molar-refractivity contribution is 0.496. The zero-order valence-corrected chi connectivity index (χ0v) is 11.1. The summed E-state index contributed by atoms with van der Waals surface area (Å²) in [6.45, 7) is 1.57. The van der Waals surface area contributed by atoms with Crippen LogP contribution in [0.5, 0.6) is 0 Å². The molecule has 1 aromatic carbocycles. The SMILES string of the molecule is Cc1nn(-c2ccccc2)nc1-c1nn(CC#N)c(=O)o1. The molecule has 0 saturated carbocycles. The molecule has 3 aromatic rings. The Morgan fingerprint density at radius 1 is 1.24 bits per heavy atom. The van der Waals surface area contributed by atoms with E-state index in [9.17, 15) is 4.79 Å². The van der Waals surface area contributed by atoms with Gasteiger partial charge < -0.3 is 4.42 Å². The van der Waals surface area contributed by atoms with Crippen LogP contribution in [-0.4, -0.2) is 24.8 Å². The van der Waals surface area contributed by atoms with Crippen LogP contribution in [0.4, 0.5) is 0 Å². The van der Waals surface area contributed by atoms with Crippen molar-refractivity contribution in [3.63, 3.8) is 0 Å². The minimum atomic E-state index is -0.694. The lowest BCUT2D eigenvalue weighted by Crippen LogP contribution is -2.14. The first-order valence-corrected chi connectivity index (χ1v) is 6.13. The van der Waals surface area contributed by atoms with Crippen molar-refractivity contribution in [1.82, 2.24) is 24.8 Å². The van der Waals surface area contributed by atoms with Crippen LogP contribution in [-0.2, 0) is 6.54 Å². The fraction of sp³-hybridized carbons (Fsp3) is 0.154. The molecule has 2 aromatic heterocycles. The number of rotatable bonds is 3. The smallest absolute Gasteiger partial charge is 0.386 e. The summed E-state index contributed by atoms with van der Waals surface area (Å²) in [5, 5.41) is 21.1. The van der Waals surface area contributed by atoms with E-state index >= 15 is 0 Å². The molecule has 8 nitrogen and oxygen atoms in total. The zero-order valence-electron chi connectivity index (χ0n) is 11.1. The van der Waals surface area contributed by atoms with Crippen LogP contribution in [0, 0.1) is 18.3 Å². The molecule has 0 spiro atoms. The first-order chi connectivity index (χ1) is 10.2. The summed E-state index contributed by atoms with van der Waals surface area (Å²) >= 11 is 0. The molecule has 104 valence electrons. The number of aryl methyl sites for hydroxylation is 1. The maximum atomic E-state index is 11.5. The van der Waals surface area contributed by atoms with Gasteiger partial charge in [0.1, 0.15) is 6.54 Å². The zero-order chi connectivity index (χ0) is 14.8. The van der Waals surface area contributed by atoms with E-state index in [1.54, 1.807) is 6.92 Å². The molecule has 0 aliphatic carbocycles. The van der Waals surface area contributed by atoms with E-state index in [0.29, 0.717) is 11.4 Å². The third-order valence-electron chi connectivity index (χ3n) is 2.80. The Labute approximate surface area is 118 Å². The number of nitriles is 1. The van der Waals surface area contributed by atoms with Crippen LogP contribution >= 0.6 is 0 Å². The molecular formula is C13H10N6O2. The summed E-state index contributed by atoms with van der Waals surface area (Å²) in [5.41, 5.74) is 1.72.